The predicted octanol–water partition coefficient (Wildman–Crippen LogP) is 1.54. The van der Waals surface area contributed by atoms with Gasteiger partial charge >= 0.3 is 487 Å². The van der Waals surface area contributed by atoms with E-state index in [1.807, 2.05) is 151 Å². The summed E-state index contributed by atoms with van der Waals surface area (Å²) in [6.07, 6.45) is 0. The van der Waals surface area contributed by atoms with Gasteiger partial charge in [0.05, 0.1) is 0 Å². The molecule has 0 spiro atoms. The van der Waals surface area contributed by atoms with Crippen LogP contribution in [0.25, 0.3) is 0 Å². The maximum absolute atomic E-state index is 15.1. The zero-order chi connectivity index (χ0) is 54.3. The normalized spacial score (nSPS) is 12.3. The first kappa shape index (κ1) is 56.9. The molecule has 0 unspecified atom stereocenters. The SMILES string of the molecule is Cc1cc[c]([Bi]([c]2ccc(C)cc2)[c]2ccc[c]([Bi]([c]3ccc[c]([Bi]([c]4ccc(C)cc4)[c]4ccc(C)cc4)c3S(N)(=O)=O)[c]3ccc[c]([Bi]([c]4ccc(C)cc4)[c]4ccc(C)cc4)c3S(N)(=O)=O)c2S(N)(=O)=O)cc1. The molecule has 6 N–H and O–H groups in total. The van der Waals surface area contributed by atoms with E-state index in [4.69, 9.17) is 15.4 Å². The quantitative estimate of drug-likeness (QED) is 0.131. The molecule has 16 heteroatoms. The predicted molar refractivity (Wildman–Crippen MR) is 319 cm³/mol. The molecule has 0 saturated carbocycles. The molecule has 0 bridgehead atoms. The Bertz CT molecular complexity index is 3410. The van der Waals surface area contributed by atoms with Gasteiger partial charge in [-0.3, -0.25) is 0 Å². The van der Waals surface area contributed by atoms with Gasteiger partial charge in [0, 0.05) is 0 Å². The van der Waals surface area contributed by atoms with E-state index < -0.39 is 117 Å². The Hall–Kier alpha value is -3.76. The Labute approximate surface area is 480 Å². The van der Waals surface area contributed by atoms with Gasteiger partial charge in [-0.15, -0.1) is 0 Å². The van der Waals surface area contributed by atoms with E-state index in [-0.39, 0.29) is 14.7 Å². The number of sulfonamides is 3. The molecular weight excluding hydrogens is 1790 g/mol. The molecule has 9 rings (SSSR count). The second-order valence-electron chi connectivity index (χ2n) is 18.9. The molecule has 0 aromatic heterocycles. The van der Waals surface area contributed by atoms with Crippen molar-refractivity contribution in [3.05, 3.63) is 234 Å². The zero-order valence-electron chi connectivity index (χ0n) is 42.7. The average Bonchev–Trinajstić information content (AvgIpc) is 3.42. The fourth-order valence-electron chi connectivity index (χ4n) is 9.30. The average molecular weight is 1850 g/mol. The molecule has 0 heterocycles. The first-order valence-corrected chi connectivity index (χ1v) is 49.7. The molecule has 0 radical (unpaired) electrons. The molecule has 0 atom stereocenters. The molecule has 9 aromatic rings. The Morgan fingerprint density at radius 3 is 0.526 bits per heavy atom. The third-order valence-corrected chi connectivity index (χ3v) is 58.6. The van der Waals surface area contributed by atoms with E-state index >= 15 is 25.3 Å². The van der Waals surface area contributed by atoms with Gasteiger partial charge in [-0.1, -0.05) is 0 Å². The molecule has 386 valence electrons. The number of benzene rings is 9. The van der Waals surface area contributed by atoms with E-state index in [1.165, 1.54) is 0 Å². The first-order chi connectivity index (χ1) is 36.1. The number of aryl methyl sites for hydroxylation is 6. The maximum atomic E-state index is 15.1. The van der Waals surface area contributed by atoms with Crippen molar-refractivity contribution < 1.29 is 25.3 Å². The first-order valence-electron chi connectivity index (χ1n) is 24.2. The van der Waals surface area contributed by atoms with Gasteiger partial charge in [-0.05, 0) is 0 Å². The number of nitrogens with two attached hydrogens (primary N) is 3. The summed E-state index contributed by atoms with van der Waals surface area (Å²) in [7, 11) is -14.0. The van der Waals surface area contributed by atoms with Crippen LogP contribution in [0, 0.1) is 41.5 Å². The van der Waals surface area contributed by atoms with Crippen LogP contribution in [0.2, 0.25) is 0 Å². The van der Waals surface area contributed by atoms with E-state index in [2.05, 4.69) is 72.8 Å². The molecule has 0 fully saturated rings. The standard InChI is InChI=1S/6C7H7.3C6H5NO2S.4Bi/c6*1-7-5-3-2-4-6-7;3*7-10(8,9)6-4-2-1-3-5-6;;;;/h6*3-6H,1H3;3*1-3H,(H2,7,8,9);;;;. The topological polar surface area (TPSA) is 180 Å². The van der Waals surface area contributed by atoms with Gasteiger partial charge in [0.1, 0.15) is 0 Å². The van der Waals surface area contributed by atoms with Crippen LogP contribution in [0.1, 0.15) is 33.4 Å². The van der Waals surface area contributed by atoms with Crippen molar-refractivity contribution >= 4 is 156 Å². The van der Waals surface area contributed by atoms with Crippen molar-refractivity contribution in [2.45, 2.75) is 56.2 Å². The van der Waals surface area contributed by atoms with Crippen molar-refractivity contribution in [2.75, 3.05) is 0 Å². The van der Waals surface area contributed by atoms with Gasteiger partial charge < -0.3 is 0 Å². The van der Waals surface area contributed by atoms with Gasteiger partial charge in [-0.2, -0.15) is 0 Å². The Morgan fingerprint density at radius 1 is 0.237 bits per heavy atom. The molecule has 0 saturated heterocycles. The number of primary sulfonamides is 3. The van der Waals surface area contributed by atoms with E-state index in [1.54, 1.807) is 18.2 Å². The fraction of sp³-hybridized carbons (Fsp3) is 0.100. The van der Waals surface area contributed by atoms with Gasteiger partial charge in [0.25, 0.3) is 0 Å². The fourth-order valence-corrected chi connectivity index (χ4v) is 66.0. The summed E-state index contributed by atoms with van der Waals surface area (Å²) in [5.41, 5.74) is 6.24. The molecule has 9 nitrogen and oxygen atoms in total. The molecule has 0 aliphatic carbocycles. The zero-order valence-corrected chi connectivity index (χ0v) is 59.1. The number of hydrogen-bond donors (Lipinski definition) is 3. The summed E-state index contributed by atoms with van der Waals surface area (Å²) in [6, 6.07) is 65.2. The van der Waals surface area contributed by atoms with Crippen LogP contribution in [0.4, 0.5) is 0 Å². The van der Waals surface area contributed by atoms with Crippen molar-refractivity contribution in [2.24, 2.45) is 15.4 Å². The minimum absolute atomic E-state index is 0.101. The van der Waals surface area contributed by atoms with Crippen LogP contribution < -0.4 is 54.7 Å². The second-order valence-corrected chi connectivity index (χ2v) is 57.1. The summed E-state index contributed by atoms with van der Waals surface area (Å²) in [5.74, 6) is 0. The number of rotatable bonds is 15. The monoisotopic (exact) mass is 1850 g/mol. The second kappa shape index (κ2) is 23.5. The van der Waals surface area contributed by atoms with Crippen molar-refractivity contribution in [1.82, 2.24) is 0 Å². The van der Waals surface area contributed by atoms with Crippen LogP contribution in [0.3, 0.4) is 0 Å². The van der Waals surface area contributed by atoms with Crippen LogP contribution in [0.5, 0.6) is 0 Å². The van der Waals surface area contributed by atoms with Crippen LogP contribution in [-0.2, 0) is 30.1 Å². The number of hydrogen-bond acceptors (Lipinski definition) is 6. The van der Waals surface area contributed by atoms with Crippen LogP contribution in [0.15, 0.2) is 215 Å². The third-order valence-electron chi connectivity index (χ3n) is 13.0. The Balaban J connectivity index is 1.47. The summed E-state index contributed by atoms with van der Waals surface area (Å²) < 4.78 is 99.0. The molecular formula is C60H57Bi4N3O6S3. The van der Waals surface area contributed by atoms with Gasteiger partial charge in [0.15, 0.2) is 0 Å². The molecule has 9 aromatic carbocycles. The van der Waals surface area contributed by atoms with Crippen molar-refractivity contribution in [1.29, 1.82) is 0 Å². The van der Waals surface area contributed by atoms with E-state index in [0.717, 1.165) is 53.0 Å². The summed E-state index contributed by atoms with van der Waals surface area (Å²) in [5, 5.41) is 19.9. The summed E-state index contributed by atoms with van der Waals surface area (Å²) in [4.78, 5) is -0.302. The summed E-state index contributed by atoms with van der Waals surface area (Å²) in [6.45, 7) is 12.0. The molecule has 76 heavy (non-hydrogen) atoms. The summed E-state index contributed by atoms with van der Waals surface area (Å²) >= 11 is -16.2. The molecule has 0 aliphatic heterocycles. The Morgan fingerprint density at radius 2 is 0.382 bits per heavy atom. The van der Waals surface area contributed by atoms with Gasteiger partial charge in [0.2, 0.25) is 0 Å². The van der Waals surface area contributed by atoms with E-state index in [0.29, 0.717) is 19.6 Å². The molecule has 0 aliphatic rings. The van der Waals surface area contributed by atoms with Crippen molar-refractivity contribution in [3.8, 4) is 0 Å². The minimum atomic E-state index is -4.94. The third kappa shape index (κ3) is 12.5. The Kier molecular flexibility index (Phi) is 17.6. The molecule has 0 amide bonds. The van der Waals surface area contributed by atoms with Crippen LogP contribution >= 0.6 is 0 Å². The van der Waals surface area contributed by atoms with Crippen LogP contribution in [-0.4, -0.2) is 112 Å². The van der Waals surface area contributed by atoms with Gasteiger partial charge in [-0.25, -0.2) is 0 Å². The van der Waals surface area contributed by atoms with Crippen molar-refractivity contribution in [3.63, 3.8) is 0 Å². The van der Waals surface area contributed by atoms with E-state index in [9.17, 15) is 0 Å².